The van der Waals surface area contributed by atoms with Crippen LogP contribution in [0.4, 0.5) is 0 Å². The molecule has 6 aromatic carbocycles. The van der Waals surface area contributed by atoms with E-state index in [1.807, 2.05) is 11.3 Å². The first kappa shape index (κ1) is 19.5. The summed E-state index contributed by atoms with van der Waals surface area (Å²) in [5.41, 5.74) is 6.53. The zero-order chi connectivity index (χ0) is 22.6. The van der Waals surface area contributed by atoms with Gasteiger partial charge in [0.2, 0.25) is 0 Å². The van der Waals surface area contributed by atoms with Crippen molar-refractivity contribution in [2.45, 2.75) is 6.92 Å². The quantitative estimate of drug-likeness (QED) is 0.230. The van der Waals surface area contributed by atoms with Crippen LogP contribution >= 0.6 is 11.3 Å². The molecule has 0 aliphatic heterocycles. The van der Waals surface area contributed by atoms with Gasteiger partial charge in [-0.05, 0) is 51.2 Å². The van der Waals surface area contributed by atoms with E-state index in [1.54, 1.807) is 0 Å². The molecule has 0 spiro atoms. The van der Waals surface area contributed by atoms with Gasteiger partial charge in [0.25, 0.3) is 0 Å². The Morgan fingerprint density at radius 1 is 0.471 bits per heavy atom. The van der Waals surface area contributed by atoms with E-state index >= 15 is 0 Å². The van der Waals surface area contributed by atoms with Crippen LogP contribution in [0, 0.1) is 6.92 Å². The molecular weight excluding hydrogens is 428 g/mol. The van der Waals surface area contributed by atoms with Crippen molar-refractivity contribution in [1.82, 2.24) is 0 Å². The lowest BCUT2D eigenvalue weighted by Gasteiger charge is -2.18. The van der Waals surface area contributed by atoms with E-state index in [1.165, 1.54) is 69.5 Å². The number of thiophene rings is 1. The summed E-state index contributed by atoms with van der Waals surface area (Å²) < 4.78 is 2.71. The summed E-state index contributed by atoms with van der Waals surface area (Å²) in [5, 5.41) is 7.93. The second kappa shape index (κ2) is 7.55. The van der Waals surface area contributed by atoms with Crippen LogP contribution in [0.3, 0.4) is 0 Å². The van der Waals surface area contributed by atoms with E-state index < -0.39 is 0 Å². The Morgan fingerprint density at radius 2 is 1.12 bits per heavy atom. The molecular formula is C33H22S. The summed E-state index contributed by atoms with van der Waals surface area (Å²) in [7, 11) is 0. The molecule has 0 saturated heterocycles. The molecule has 0 nitrogen and oxygen atoms in total. The van der Waals surface area contributed by atoms with Crippen molar-refractivity contribution in [2.75, 3.05) is 0 Å². The average molecular weight is 451 g/mol. The molecule has 0 unspecified atom stereocenters. The third kappa shape index (κ3) is 2.84. The fourth-order valence-electron chi connectivity index (χ4n) is 5.44. The lowest BCUT2D eigenvalue weighted by Crippen LogP contribution is -1.91. The van der Waals surface area contributed by atoms with Gasteiger partial charge >= 0.3 is 0 Å². The molecule has 34 heavy (non-hydrogen) atoms. The minimum absolute atomic E-state index is 1.26. The van der Waals surface area contributed by atoms with Crippen molar-refractivity contribution >= 4 is 53.1 Å². The lowest BCUT2D eigenvalue weighted by atomic mass is 9.85. The number of hydrogen-bond acceptors (Lipinski definition) is 1. The molecule has 0 N–H and O–H groups in total. The molecule has 160 valence electrons. The third-order valence-corrected chi connectivity index (χ3v) is 8.14. The van der Waals surface area contributed by atoms with Gasteiger partial charge in [0, 0.05) is 25.7 Å². The number of fused-ring (bicyclic) bond motifs is 5. The molecule has 0 fully saturated rings. The van der Waals surface area contributed by atoms with Crippen molar-refractivity contribution in [2.24, 2.45) is 0 Å². The predicted molar refractivity (Wildman–Crippen MR) is 150 cm³/mol. The highest BCUT2D eigenvalue weighted by molar-refractivity contribution is 7.26. The SMILES string of the molecule is Cc1ccc2c(-c3ccccc3)c3ccccc3c(-c3cccc4c3sc3ccccc34)c2c1. The Morgan fingerprint density at radius 3 is 1.94 bits per heavy atom. The van der Waals surface area contributed by atoms with Gasteiger partial charge in [-0.2, -0.15) is 0 Å². The molecule has 1 aromatic heterocycles. The highest BCUT2D eigenvalue weighted by Crippen LogP contribution is 2.47. The maximum atomic E-state index is 2.37. The molecule has 7 rings (SSSR count). The van der Waals surface area contributed by atoms with Crippen LogP contribution in [0.25, 0.3) is 64.0 Å². The summed E-state index contributed by atoms with van der Waals surface area (Å²) in [5.74, 6) is 0. The van der Waals surface area contributed by atoms with Crippen molar-refractivity contribution in [3.8, 4) is 22.3 Å². The fourth-order valence-corrected chi connectivity index (χ4v) is 6.66. The van der Waals surface area contributed by atoms with Gasteiger partial charge in [-0.3, -0.25) is 0 Å². The molecule has 0 bridgehead atoms. The third-order valence-electron chi connectivity index (χ3n) is 6.92. The maximum Gasteiger partial charge on any atom is 0.0434 e. The van der Waals surface area contributed by atoms with Gasteiger partial charge in [-0.1, -0.05) is 115 Å². The largest absolute Gasteiger partial charge is 0.135 e. The Balaban J connectivity index is 1.70. The van der Waals surface area contributed by atoms with Crippen LogP contribution in [0.5, 0.6) is 0 Å². The molecule has 0 aliphatic rings. The van der Waals surface area contributed by atoms with Gasteiger partial charge in [0.05, 0.1) is 0 Å². The molecule has 0 amide bonds. The topological polar surface area (TPSA) is 0 Å². The Labute approximate surface area is 202 Å². The lowest BCUT2D eigenvalue weighted by molar-refractivity contribution is 1.51. The second-order valence-electron chi connectivity index (χ2n) is 8.99. The molecule has 1 heterocycles. The number of aryl methyl sites for hydroxylation is 1. The second-order valence-corrected chi connectivity index (χ2v) is 10.0. The zero-order valence-electron chi connectivity index (χ0n) is 18.9. The molecule has 7 aromatic rings. The summed E-state index contributed by atoms with van der Waals surface area (Å²) >= 11 is 1.91. The average Bonchev–Trinajstić information content (AvgIpc) is 3.27. The highest BCUT2D eigenvalue weighted by Gasteiger charge is 2.19. The van der Waals surface area contributed by atoms with E-state index in [4.69, 9.17) is 0 Å². The zero-order valence-corrected chi connectivity index (χ0v) is 19.7. The predicted octanol–water partition coefficient (Wildman–Crippen LogP) is 10.0. The highest BCUT2D eigenvalue weighted by atomic mass is 32.1. The van der Waals surface area contributed by atoms with E-state index in [2.05, 4.69) is 122 Å². The minimum atomic E-state index is 1.26. The summed E-state index contributed by atoms with van der Waals surface area (Å²) in [6.45, 7) is 2.20. The number of hydrogen-bond donors (Lipinski definition) is 0. The van der Waals surface area contributed by atoms with Crippen LogP contribution in [0.2, 0.25) is 0 Å². The van der Waals surface area contributed by atoms with Crippen LogP contribution in [0.15, 0.2) is 115 Å². The molecule has 0 atom stereocenters. The van der Waals surface area contributed by atoms with Gasteiger partial charge < -0.3 is 0 Å². The summed E-state index contributed by atoms with van der Waals surface area (Å²) in [6, 6.07) is 42.2. The van der Waals surface area contributed by atoms with Crippen LogP contribution in [0.1, 0.15) is 5.56 Å². The van der Waals surface area contributed by atoms with E-state index in [0.717, 1.165) is 0 Å². The van der Waals surface area contributed by atoms with Crippen molar-refractivity contribution in [1.29, 1.82) is 0 Å². The first-order valence-corrected chi connectivity index (χ1v) is 12.5. The van der Waals surface area contributed by atoms with Gasteiger partial charge in [0.1, 0.15) is 0 Å². The minimum Gasteiger partial charge on any atom is -0.135 e. The number of rotatable bonds is 2. The smallest absolute Gasteiger partial charge is 0.0434 e. The first-order valence-electron chi connectivity index (χ1n) is 11.7. The van der Waals surface area contributed by atoms with Crippen LogP contribution in [-0.4, -0.2) is 0 Å². The van der Waals surface area contributed by atoms with Crippen LogP contribution in [-0.2, 0) is 0 Å². The fraction of sp³-hybridized carbons (Fsp3) is 0.0303. The molecule has 0 aliphatic carbocycles. The first-order chi connectivity index (χ1) is 16.8. The van der Waals surface area contributed by atoms with Crippen molar-refractivity contribution in [3.63, 3.8) is 0 Å². The van der Waals surface area contributed by atoms with Crippen molar-refractivity contribution < 1.29 is 0 Å². The van der Waals surface area contributed by atoms with Gasteiger partial charge in [-0.25, -0.2) is 0 Å². The van der Waals surface area contributed by atoms with E-state index in [0.29, 0.717) is 0 Å². The maximum absolute atomic E-state index is 2.37. The summed E-state index contributed by atoms with van der Waals surface area (Å²) in [4.78, 5) is 0. The Hall–Kier alpha value is -3.94. The normalized spacial score (nSPS) is 11.7. The van der Waals surface area contributed by atoms with Gasteiger partial charge in [-0.15, -0.1) is 11.3 Å². The van der Waals surface area contributed by atoms with Crippen LogP contribution < -0.4 is 0 Å². The molecule has 0 saturated carbocycles. The van der Waals surface area contributed by atoms with E-state index in [9.17, 15) is 0 Å². The summed E-state index contributed by atoms with van der Waals surface area (Å²) in [6.07, 6.45) is 0. The monoisotopic (exact) mass is 450 g/mol. The Kier molecular flexibility index (Phi) is 4.33. The standard InChI is InChI=1S/C33H22S/c1-21-18-19-26-29(20-21)32(25-14-6-5-13-24(25)31(26)22-10-3-2-4-11-22)28-16-9-15-27-23-12-7-8-17-30(23)34-33(27)28/h2-20H,1H3. The number of benzene rings is 6. The Bertz CT molecular complexity index is 1860. The molecule has 1 heteroatoms. The molecule has 0 radical (unpaired) electrons. The van der Waals surface area contributed by atoms with Gasteiger partial charge in [0.15, 0.2) is 0 Å². The van der Waals surface area contributed by atoms with Crippen molar-refractivity contribution in [3.05, 3.63) is 121 Å². The van der Waals surface area contributed by atoms with E-state index in [-0.39, 0.29) is 0 Å².